The maximum atomic E-state index is 12.9. The predicted octanol–water partition coefficient (Wildman–Crippen LogP) is 5.03. The average Bonchev–Trinajstić information content (AvgIpc) is 2.40. The summed E-state index contributed by atoms with van der Waals surface area (Å²) in [5.41, 5.74) is 1.10. The van der Waals surface area contributed by atoms with Crippen molar-refractivity contribution in [2.45, 2.75) is 65.8 Å². The molecule has 1 aliphatic rings. The van der Waals surface area contributed by atoms with Crippen LogP contribution in [0.15, 0.2) is 30.3 Å². The molecule has 0 unspecified atom stereocenters. The number of hydrogen-bond acceptors (Lipinski definition) is 1. The van der Waals surface area contributed by atoms with Crippen LogP contribution in [0.25, 0.3) is 0 Å². The lowest BCUT2D eigenvalue weighted by molar-refractivity contribution is -0.121. The molecule has 0 atom stereocenters. The van der Waals surface area contributed by atoms with Gasteiger partial charge >= 0.3 is 0 Å². The number of rotatable bonds is 3. The van der Waals surface area contributed by atoms with Gasteiger partial charge in [0.25, 0.3) is 0 Å². The number of para-hydroxylation sites is 1. The quantitative estimate of drug-likeness (QED) is 0.763. The summed E-state index contributed by atoms with van der Waals surface area (Å²) < 4.78 is 0. The number of benzene rings is 1. The molecule has 1 aromatic rings. The van der Waals surface area contributed by atoms with Crippen LogP contribution in [-0.2, 0) is 4.79 Å². The number of amides is 1. The molecular weight excluding hydrogens is 258 g/mol. The molecule has 0 radical (unpaired) electrons. The summed E-state index contributed by atoms with van der Waals surface area (Å²) in [6.45, 7) is 8.73. The highest BCUT2D eigenvalue weighted by molar-refractivity contribution is 5.94. The Morgan fingerprint density at radius 1 is 1.10 bits per heavy atom. The lowest BCUT2D eigenvalue weighted by Gasteiger charge is -2.37. The van der Waals surface area contributed by atoms with E-state index in [1.54, 1.807) is 0 Å². The van der Waals surface area contributed by atoms with E-state index >= 15 is 0 Å². The largest absolute Gasteiger partial charge is 0.309 e. The monoisotopic (exact) mass is 287 g/mol. The first-order valence-electron chi connectivity index (χ1n) is 8.24. The first-order chi connectivity index (χ1) is 9.87. The molecule has 2 nitrogen and oxygen atoms in total. The number of carbonyl (C=O) groups excluding carboxylic acids is 1. The van der Waals surface area contributed by atoms with Gasteiger partial charge in [-0.3, -0.25) is 4.79 Å². The van der Waals surface area contributed by atoms with E-state index < -0.39 is 0 Å². The molecule has 0 spiro atoms. The highest BCUT2D eigenvalue weighted by Crippen LogP contribution is 2.32. The minimum atomic E-state index is 0.0338. The Morgan fingerprint density at radius 3 is 2.19 bits per heavy atom. The highest BCUT2D eigenvalue weighted by atomic mass is 16.2. The molecule has 0 bridgehead atoms. The molecule has 1 amide bonds. The molecule has 0 heterocycles. The minimum Gasteiger partial charge on any atom is -0.309 e. The molecule has 2 rings (SSSR count). The zero-order valence-electron chi connectivity index (χ0n) is 13.9. The van der Waals surface area contributed by atoms with Gasteiger partial charge in [0, 0.05) is 18.2 Å². The Morgan fingerprint density at radius 2 is 1.67 bits per heavy atom. The lowest BCUT2D eigenvalue weighted by atomic mass is 9.85. The van der Waals surface area contributed by atoms with Gasteiger partial charge in [-0.15, -0.1) is 0 Å². The molecule has 0 saturated heterocycles. The van der Waals surface area contributed by atoms with Crippen molar-refractivity contribution < 1.29 is 4.79 Å². The van der Waals surface area contributed by atoms with Gasteiger partial charge in [0.1, 0.15) is 0 Å². The molecule has 1 fully saturated rings. The number of hydrogen-bond donors (Lipinski definition) is 0. The van der Waals surface area contributed by atoms with Crippen LogP contribution in [0.3, 0.4) is 0 Å². The Bertz CT molecular complexity index is 452. The standard InChI is InChI=1S/C19H29NO/c1-15-10-12-17(13-11-15)20(16-8-6-5-7-9-16)18(21)14-19(2,3)4/h5-9,15,17H,10-14H2,1-4H3. The third-order valence-corrected chi connectivity index (χ3v) is 4.34. The Balaban J connectivity index is 2.20. The van der Waals surface area contributed by atoms with Crippen molar-refractivity contribution in [3.8, 4) is 0 Å². The summed E-state index contributed by atoms with van der Waals surface area (Å²) in [4.78, 5) is 14.9. The van der Waals surface area contributed by atoms with Gasteiger partial charge in [-0.2, -0.15) is 0 Å². The molecule has 0 aliphatic heterocycles. The summed E-state index contributed by atoms with van der Waals surface area (Å²) >= 11 is 0. The fraction of sp³-hybridized carbons (Fsp3) is 0.632. The van der Waals surface area contributed by atoms with Crippen molar-refractivity contribution >= 4 is 11.6 Å². The first-order valence-corrected chi connectivity index (χ1v) is 8.24. The Hall–Kier alpha value is -1.31. The summed E-state index contributed by atoms with van der Waals surface area (Å²) in [6, 6.07) is 10.6. The highest BCUT2D eigenvalue weighted by Gasteiger charge is 2.30. The first kappa shape index (κ1) is 16.1. The molecule has 1 aliphatic carbocycles. The van der Waals surface area contributed by atoms with Crippen LogP contribution in [0.1, 0.15) is 59.8 Å². The third-order valence-electron chi connectivity index (χ3n) is 4.34. The van der Waals surface area contributed by atoms with Crippen molar-refractivity contribution in [1.29, 1.82) is 0 Å². The van der Waals surface area contributed by atoms with E-state index in [9.17, 15) is 4.79 Å². The topological polar surface area (TPSA) is 20.3 Å². The molecular formula is C19H29NO. The fourth-order valence-corrected chi connectivity index (χ4v) is 3.19. The van der Waals surface area contributed by atoms with E-state index in [2.05, 4.69) is 44.7 Å². The molecule has 2 heteroatoms. The number of carbonyl (C=O) groups is 1. The normalized spacial score (nSPS) is 22.9. The average molecular weight is 287 g/mol. The van der Waals surface area contributed by atoms with Gasteiger partial charge < -0.3 is 4.90 Å². The molecule has 21 heavy (non-hydrogen) atoms. The summed E-state index contributed by atoms with van der Waals surface area (Å²) in [7, 11) is 0. The van der Waals surface area contributed by atoms with Crippen molar-refractivity contribution in [2.24, 2.45) is 11.3 Å². The van der Waals surface area contributed by atoms with Crippen LogP contribution >= 0.6 is 0 Å². The number of nitrogens with zero attached hydrogens (tertiary/aromatic N) is 1. The Labute approximate surface area is 129 Å². The SMILES string of the molecule is CC1CCC(N(C(=O)CC(C)(C)C)c2ccccc2)CC1. The van der Waals surface area contributed by atoms with E-state index in [4.69, 9.17) is 0 Å². The second-order valence-electron chi connectivity index (χ2n) is 7.75. The molecule has 0 aromatic heterocycles. The van der Waals surface area contributed by atoms with E-state index in [-0.39, 0.29) is 11.3 Å². The maximum absolute atomic E-state index is 12.9. The minimum absolute atomic E-state index is 0.0338. The van der Waals surface area contributed by atoms with Crippen LogP contribution in [0, 0.1) is 11.3 Å². The molecule has 0 N–H and O–H groups in total. The van der Waals surface area contributed by atoms with Crippen molar-refractivity contribution in [2.75, 3.05) is 4.90 Å². The zero-order valence-corrected chi connectivity index (χ0v) is 13.9. The van der Waals surface area contributed by atoms with E-state index in [0.29, 0.717) is 12.5 Å². The van der Waals surface area contributed by atoms with Crippen LogP contribution in [0.4, 0.5) is 5.69 Å². The van der Waals surface area contributed by atoms with Gasteiger partial charge in [-0.1, -0.05) is 45.9 Å². The number of anilines is 1. The maximum Gasteiger partial charge on any atom is 0.227 e. The van der Waals surface area contributed by atoms with E-state index in [1.165, 1.54) is 12.8 Å². The smallest absolute Gasteiger partial charge is 0.227 e. The summed E-state index contributed by atoms with van der Waals surface area (Å²) in [5.74, 6) is 1.07. The van der Waals surface area contributed by atoms with Gasteiger partial charge in [-0.25, -0.2) is 0 Å². The van der Waals surface area contributed by atoms with Crippen molar-refractivity contribution in [1.82, 2.24) is 0 Å². The zero-order chi connectivity index (χ0) is 15.5. The fourth-order valence-electron chi connectivity index (χ4n) is 3.19. The summed E-state index contributed by atoms with van der Waals surface area (Å²) in [5, 5.41) is 0. The van der Waals surface area contributed by atoms with Gasteiger partial charge in [0.05, 0.1) is 0 Å². The molecule has 116 valence electrons. The van der Waals surface area contributed by atoms with E-state index in [0.717, 1.165) is 24.4 Å². The van der Waals surface area contributed by atoms with Gasteiger partial charge in [0.2, 0.25) is 5.91 Å². The van der Waals surface area contributed by atoms with Crippen LogP contribution < -0.4 is 4.90 Å². The third kappa shape index (κ3) is 4.59. The molecule has 1 saturated carbocycles. The van der Waals surface area contributed by atoms with Crippen LogP contribution in [0.5, 0.6) is 0 Å². The van der Waals surface area contributed by atoms with Gasteiger partial charge in [0.15, 0.2) is 0 Å². The molecule has 1 aromatic carbocycles. The Kier molecular flexibility index (Phi) is 5.08. The van der Waals surface area contributed by atoms with E-state index in [1.807, 2.05) is 18.2 Å². The predicted molar refractivity (Wildman–Crippen MR) is 89.4 cm³/mol. The van der Waals surface area contributed by atoms with Crippen molar-refractivity contribution in [3.63, 3.8) is 0 Å². The van der Waals surface area contributed by atoms with Crippen LogP contribution in [-0.4, -0.2) is 11.9 Å². The second-order valence-corrected chi connectivity index (χ2v) is 7.75. The van der Waals surface area contributed by atoms with Crippen LogP contribution in [0.2, 0.25) is 0 Å². The van der Waals surface area contributed by atoms with Gasteiger partial charge in [-0.05, 0) is 49.1 Å². The van der Waals surface area contributed by atoms with Crippen molar-refractivity contribution in [3.05, 3.63) is 30.3 Å². The second kappa shape index (κ2) is 6.64. The summed E-state index contributed by atoms with van der Waals surface area (Å²) in [6.07, 6.45) is 5.33. The lowest BCUT2D eigenvalue weighted by Crippen LogP contribution is -2.43.